The predicted molar refractivity (Wildman–Crippen MR) is 41.7 cm³/mol. The van der Waals surface area contributed by atoms with Crippen molar-refractivity contribution in [1.29, 1.82) is 0 Å². The number of rotatable bonds is 2. The summed E-state index contributed by atoms with van der Waals surface area (Å²) in [4.78, 5) is 19.4. The molecule has 0 fully saturated rings. The minimum Gasteiger partial charge on any atom is -0.502 e. The summed E-state index contributed by atoms with van der Waals surface area (Å²) in [5.74, 6) is -3.87. The van der Waals surface area contributed by atoms with Gasteiger partial charge in [0.25, 0.3) is 0 Å². The Hall–Kier alpha value is -2.18. The van der Waals surface area contributed by atoms with Gasteiger partial charge in [0.1, 0.15) is 0 Å². The molecule has 6 nitrogen and oxygen atoms in total. The number of hydrogen-bond donors (Lipinski definition) is 2. The van der Waals surface area contributed by atoms with Crippen molar-refractivity contribution in [3.05, 3.63) is 33.6 Å². The number of carboxylic acids is 1. The van der Waals surface area contributed by atoms with E-state index in [9.17, 15) is 19.3 Å². The van der Waals surface area contributed by atoms with Crippen molar-refractivity contribution in [1.82, 2.24) is 0 Å². The van der Waals surface area contributed by atoms with Crippen molar-refractivity contribution in [2.75, 3.05) is 0 Å². The Labute approximate surface area is 76.4 Å². The average Bonchev–Trinajstić information content (AvgIpc) is 2.01. The van der Waals surface area contributed by atoms with Gasteiger partial charge in [0.2, 0.25) is 5.82 Å². The number of carbonyl (C=O) groups is 1. The maximum Gasteiger partial charge on any atom is 0.346 e. The third kappa shape index (κ3) is 1.60. The molecule has 2 N–H and O–H groups in total. The number of carboxylic acid groups (broad SMARTS) is 1. The van der Waals surface area contributed by atoms with Crippen LogP contribution in [0.25, 0.3) is 0 Å². The molecule has 0 saturated carbocycles. The summed E-state index contributed by atoms with van der Waals surface area (Å²) in [5.41, 5.74) is -1.68. The SMILES string of the molecule is O=C(O)c1cc(O)c([N+](=O)[O-])c(F)c1. The lowest BCUT2D eigenvalue weighted by molar-refractivity contribution is -0.388. The number of phenolic OH excluding ortho intramolecular Hbond substituents is 1. The number of halogens is 1. The van der Waals surface area contributed by atoms with E-state index in [4.69, 9.17) is 10.2 Å². The summed E-state index contributed by atoms with van der Waals surface area (Å²) in [6, 6.07) is 1.09. The van der Waals surface area contributed by atoms with Crippen LogP contribution in [-0.4, -0.2) is 21.1 Å². The van der Waals surface area contributed by atoms with Crippen LogP contribution in [0.4, 0.5) is 10.1 Å². The van der Waals surface area contributed by atoms with Crippen LogP contribution in [0.1, 0.15) is 10.4 Å². The van der Waals surface area contributed by atoms with Crippen LogP contribution in [0.5, 0.6) is 5.75 Å². The van der Waals surface area contributed by atoms with Gasteiger partial charge in [-0.05, 0) is 6.07 Å². The Balaban J connectivity index is 3.39. The summed E-state index contributed by atoms with van der Waals surface area (Å²) >= 11 is 0. The van der Waals surface area contributed by atoms with E-state index < -0.39 is 33.7 Å². The van der Waals surface area contributed by atoms with E-state index in [0.717, 1.165) is 0 Å². The zero-order chi connectivity index (χ0) is 10.9. The molecule has 0 aliphatic carbocycles. The molecule has 0 aliphatic heterocycles. The molecule has 0 amide bonds. The number of phenols is 1. The molecule has 1 aromatic rings. The van der Waals surface area contributed by atoms with E-state index in [1.165, 1.54) is 0 Å². The third-order valence-corrected chi connectivity index (χ3v) is 1.47. The molecule has 74 valence electrons. The van der Waals surface area contributed by atoms with Crippen LogP contribution in [0.15, 0.2) is 12.1 Å². The molecule has 0 unspecified atom stereocenters. The van der Waals surface area contributed by atoms with Crippen molar-refractivity contribution in [3.8, 4) is 5.75 Å². The Bertz CT molecular complexity index is 394. The Kier molecular flexibility index (Phi) is 2.32. The molecule has 1 aromatic carbocycles. The lowest BCUT2D eigenvalue weighted by atomic mass is 10.2. The first-order valence-corrected chi connectivity index (χ1v) is 3.33. The van der Waals surface area contributed by atoms with Crippen molar-refractivity contribution in [2.45, 2.75) is 0 Å². The number of nitrogens with zero attached hydrogens (tertiary/aromatic N) is 1. The minimum absolute atomic E-state index is 0.472. The van der Waals surface area contributed by atoms with Crippen molar-refractivity contribution < 1.29 is 24.3 Å². The molecule has 0 aliphatic rings. The number of aromatic hydroxyl groups is 1. The highest BCUT2D eigenvalue weighted by Crippen LogP contribution is 2.29. The van der Waals surface area contributed by atoms with Gasteiger partial charge in [-0.1, -0.05) is 0 Å². The summed E-state index contributed by atoms with van der Waals surface area (Å²) in [6.07, 6.45) is 0. The van der Waals surface area contributed by atoms with E-state index in [1.807, 2.05) is 0 Å². The quantitative estimate of drug-likeness (QED) is 0.551. The van der Waals surface area contributed by atoms with Gasteiger partial charge in [-0.2, -0.15) is 4.39 Å². The second-order valence-electron chi connectivity index (χ2n) is 2.39. The van der Waals surface area contributed by atoms with Gasteiger partial charge in [-0.3, -0.25) is 10.1 Å². The first-order valence-electron chi connectivity index (χ1n) is 3.33. The first-order chi connectivity index (χ1) is 6.43. The molecule has 14 heavy (non-hydrogen) atoms. The summed E-state index contributed by atoms with van der Waals surface area (Å²) < 4.78 is 12.9. The normalized spacial score (nSPS) is 9.79. The van der Waals surface area contributed by atoms with Gasteiger partial charge in [0.05, 0.1) is 10.5 Å². The summed E-state index contributed by atoms with van der Waals surface area (Å²) in [5, 5.41) is 27.5. The molecule has 0 aromatic heterocycles. The van der Waals surface area contributed by atoms with Crippen LogP contribution in [0.3, 0.4) is 0 Å². The fourth-order valence-electron chi connectivity index (χ4n) is 0.889. The number of aromatic carboxylic acids is 1. The highest BCUT2D eigenvalue weighted by atomic mass is 19.1. The van der Waals surface area contributed by atoms with Crippen LogP contribution in [-0.2, 0) is 0 Å². The van der Waals surface area contributed by atoms with Gasteiger partial charge in [-0.25, -0.2) is 4.79 Å². The molecule has 0 atom stereocenters. The van der Waals surface area contributed by atoms with Crippen LogP contribution in [0, 0.1) is 15.9 Å². The number of benzene rings is 1. The molecule has 1 rings (SSSR count). The molecule has 0 radical (unpaired) electrons. The maximum absolute atomic E-state index is 12.9. The molecular weight excluding hydrogens is 197 g/mol. The van der Waals surface area contributed by atoms with Crippen LogP contribution >= 0.6 is 0 Å². The molecule has 0 bridgehead atoms. The average molecular weight is 201 g/mol. The number of nitro groups is 1. The maximum atomic E-state index is 12.9. The van der Waals surface area contributed by atoms with Gasteiger partial charge < -0.3 is 10.2 Å². The zero-order valence-corrected chi connectivity index (χ0v) is 6.60. The lowest BCUT2D eigenvalue weighted by Crippen LogP contribution is -2.00. The van der Waals surface area contributed by atoms with E-state index in [1.54, 1.807) is 0 Å². The Morgan fingerprint density at radius 1 is 1.50 bits per heavy atom. The fraction of sp³-hybridized carbons (Fsp3) is 0. The van der Waals surface area contributed by atoms with E-state index in [-0.39, 0.29) is 0 Å². The molecule has 7 heteroatoms. The number of nitro benzene ring substituents is 1. The molecule has 0 saturated heterocycles. The second-order valence-corrected chi connectivity index (χ2v) is 2.39. The van der Waals surface area contributed by atoms with Crippen molar-refractivity contribution >= 4 is 11.7 Å². The first kappa shape index (κ1) is 9.90. The van der Waals surface area contributed by atoms with E-state index >= 15 is 0 Å². The fourth-order valence-corrected chi connectivity index (χ4v) is 0.889. The largest absolute Gasteiger partial charge is 0.502 e. The highest BCUT2D eigenvalue weighted by Gasteiger charge is 2.22. The third-order valence-electron chi connectivity index (χ3n) is 1.47. The lowest BCUT2D eigenvalue weighted by Gasteiger charge is -1.99. The van der Waals surface area contributed by atoms with Gasteiger partial charge in [0, 0.05) is 6.07 Å². The van der Waals surface area contributed by atoms with Crippen molar-refractivity contribution in [3.63, 3.8) is 0 Å². The predicted octanol–water partition coefficient (Wildman–Crippen LogP) is 1.14. The van der Waals surface area contributed by atoms with Gasteiger partial charge >= 0.3 is 11.7 Å². The van der Waals surface area contributed by atoms with E-state index in [2.05, 4.69) is 0 Å². The summed E-state index contributed by atoms with van der Waals surface area (Å²) in [6.45, 7) is 0. The van der Waals surface area contributed by atoms with Gasteiger partial charge in [0.15, 0.2) is 5.75 Å². The second kappa shape index (κ2) is 3.29. The topological polar surface area (TPSA) is 101 Å². The monoisotopic (exact) mass is 201 g/mol. The van der Waals surface area contributed by atoms with Crippen LogP contribution < -0.4 is 0 Å². The van der Waals surface area contributed by atoms with Crippen LogP contribution in [0.2, 0.25) is 0 Å². The smallest absolute Gasteiger partial charge is 0.346 e. The molecular formula is C7H4FNO5. The summed E-state index contributed by atoms with van der Waals surface area (Å²) in [7, 11) is 0. The Morgan fingerprint density at radius 3 is 2.43 bits per heavy atom. The Morgan fingerprint density at radius 2 is 2.07 bits per heavy atom. The van der Waals surface area contributed by atoms with E-state index in [0.29, 0.717) is 12.1 Å². The molecule has 0 spiro atoms. The van der Waals surface area contributed by atoms with Gasteiger partial charge in [-0.15, -0.1) is 0 Å². The molecule has 0 heterocycles. The van der Waals surface area contributed by atoms with Crippen molar-refractivity contribution in [2.24, 2.45) is 0 Å². The highest BCUT2D eigenvalue weighted by molar-refractivity contribution is 5.88. The standard InChI is InChI=1S/C7H4FNO5/c8-4-1-3(7(11)12)2-5(10)6(4)9(13)14/h1-2,10H,(H,11,12). The minimum atomic E-state index is -1.48. The zero-order valence-electron chi connectivity index (χ0n) is 6.60. The number of hydrogen-bond acceptors (Lipinski definition) is 4.